The van der Waals surface area contributed by atoms with E-state index in [2.05, 4.69) is 15.4 Å². The number of hydrazine groups is 1. The highest BCUT2D eigenvalue weighted by atomic mass is 16.5. The van der Waals surface area contributed by atoms with Gasteiger partial charge in [0.1, 0.15) is 12.1 Å². The van der Waals surface area contributed by atoms with Gasteiger partial charge in [0.05, 0.1) is 24.9 Å². The number of nitrogens with zero attached hydrogens (tertiary/aromatic N) is 3. The normalized spacial score (nSPS) is 10.9. The van der Waals surface area contributed by atoms with Gasteiger partial charge < -0.3 is 9.84 Å². The van der Waals surface area contributed by atoms with E-state index in [-0.39, 0.29) is 12.5 Å². The van der Waals surface area contributed by atoms with Crippen molar-refractivity contribution in [3.05, 3.63) is 96.3 Å². The second kappa shape index (κ2) is 9.72. The van der Waals surface area contributed by atoms with Crippen LogP contribution in [0.4, 0.5) is 11.5 Å². The number of anilines is 2. The summed E-state index contributed by atoms with van der Waals surface area (Å²) in [6.45, 7) is -0.0798. The first-order chi connectivity index (χ1) is 15.7. The van der Waals surface area contributed by atoms with Crippen molar-refractivity contribution in [3.63, 3.8) is 0 Å². The van der Waals surface area contributed by atoms with Crippen molar-refractivity contribution in [2.24, 2.45) is 0 Å². The molecular weight excluding hydrogens is 404 g/mol. The molecule has 0 aliphatic heterocycles. The number of hydrogen-bond acceptors (Lipinski definition) is 6. The Balaban J connectivity index is 1.84. The van der Waals surface area contributed by atoms with Gasteiger partial charge in [-0.15, -0.1) is 0 Å². The Labute approximate surface area is 185 Å². The Bertz CT molecular complexity index is 1240. The van der Waals surface area contributed by atoms with Crippen molar-refractivity contribution < 1.29 is 14.6 Å². The molecule has 0 unspecified atom stereocenters. The van der Waals surface area contributed by atoms with E-state index in [4.69, 9.17) is 9.84 Å². The number of benzene rings is 3. The zero-order chi connectivity index (χ0) is 22.3. The van der Waals surface area contributed by atoms with Crippen LogP contribution in [0.15, 0.2) is 85.2 Å². The Kier molecular flexibility index (Phi) is 6.38. The standard InChI is InChI=1S/C25H22N4O3/c1-32-23-16-21-22(15-19(23)11-8-14-30)26-17-27-24(21)29(20-12-6-3-7-13-20)28-25(31)18-9-4-2-5-10-18/h2-13,15-17,30H,14H2,1H3,(H,28,31). The van der Waals surface area contributed by atoms with E-state index < -0.39 is 0 Å². The first-order valence-corrected chi connectivity index (χ1v) is 10.0. The van der Waals surface area contributed by atoms with Gasteiger partial charge in [-0.25, -0.2) is 15.0 Å². The molecule has 0 saturated heterocycles. The lowest BCUT2D eigenvalue weighted by atomic mass is 10.1. The number of nitrogens with one attached hydrogen (secondary N) is 1. The minimum atomic E-state index is -0.268. The first kappa shape index (κ1) is 21.0. The van der Waals surface area contributed by atoms with Crippen LogP contribution in [0.3, 0.4) is 0 Å². The maximum Gasteiger partial charge on any atom is 0.270 e. The van der Waals surface area contributed by atoms with Gasteiger partial charge in [0.15, 0.2) is 5.82 Å². The second-order valence-corrected chi connectivity index (χ2v) is 6.87. The Morgan fingerprint density at radius 1 is 1.06 bits per heavy atom. The molecule has 160 valence electrons. The maximum absolute atomic E-state index is 13.0. The van der Waals surface area contributed by atoms with Crippen molar-refractivity contribution in [2.45, 2.75) is 0 Å². The number of para-hydroxylation sites is 1. The van der Waals surface area contributed by atoms with E-state index in [0.29, 0.717) is 28.0 Å². The first-order valence-electron chi connectivity index (χ1n) is 10.0. The van der Waals surface area contributed by atoms with Crippen LogP contribution in [0.5, 0.6) is 5.75 Å². The van der Waals surface area contributed by atoms with Gasteiger partial charge in [-0.1, -0.05) is 48.6 Å². The summed E-state index contributed by atoms with van der Waals surface area (Å²) in [5.41, 5.74) is 5.67. The predicted octanol–water partition coefficient (Wildman–Crippen LogP) is 4.13. The third-order valence-corrected chi connectivity index (χ3v) is 4.84. The maximum atomic E-state index is 13.0. The molecule has 0 radical (unpaired) electrons. The molecule has 0 fully saturated rings. The highest BCUT2D eigenvalue weighted by Gasteiger charge is 2.19. The zero-order valence-electron chi connectivity index (χ0n) is 17.5. The molecule has 1 heterocycles. The Hall–Kier alpha value is -4.23. The average molecular weight is 426 g/mol. The second-order valence-electron chi connectivity index (χ2n) is 6.87. The van der Waals surface area contributed by atoms with Crippen LogP contribution in [0, 0.1) is 0 Å². The van der Waals surface area contributed by atoms with Crippen LogP contribution < -0.4 is 15.2 Å². The van der Waals surface area contributed by atoms with Crippen LogP contribution in [-0.2, 0) is 0 Å². The fraction of sp³-hybridized carbons (Fsp3) is 0.0800. The Morgan fingerprint density at radius 3 is 2.47 bits per heavy atom. The SMILES string of the molecule is COc1cc2c(N(NC(=O)c3ccccc3)c3ccccc3)ncnc2cc1C=CCO. The topological polar surface area (TPSA) is 87.6 Å². The summed E-state index contributed by atoms with van der Waals surface area (Å²) < 4.78 is 5.55. The zero-order valence-corrected chi connectivity index (χ0v) is 17.5. The van der Waals surface area contributed by atoms with Crippen molar-refractivity contribution in [3.8, 4) is 5.75 Å². The Morgan fingerprint density at radius 2 is 1.78 bits per heavy atom. The molecule has 4 aromatic rings. The quantitative estimate of drug-likeness (QED) is 0.432. The van der Waals surface area contributed by atoms with Crippen molar-refractivity contribution >= 4 is 34.4 Å². The van der Waals surface area contributed by atoms with Crippen molar-refractivity contribution in [2.75, 3.05) is 18.7 Å². The van der Waals surface area contributed by atoms with Gasteiger partial charge in [0.2, 0.25) is 0 Å². The third-order valence-electron chi connectivity index (χ3n) is 4.84. The largest absolute Gasteiger partial charge is 0.496 e. The number of aromatic nitrogens is 2. The molecule has 1 aromatic heterocycles. The predicted molar refractivity (Wildman–Crippen MR) is 125 cm³/mol. The van der Waals surface area contributed by atoms with Crippen LogP contribution in [0.2, 0.25) is 0 Å². The number of rotatable bonds is 7. The van der Waals surface area contributed by atoms with Crippen LogP contribution in [0.25, 0.3) is 17.0 Å². The molecular formula is C25H22N4O3. The van der Waals surface area contributed by atoms with Crippen LogP contribution in [0.1, 0.15) is 15.9 Å². The highest BCUT2D eigenvalue weighted by molar-refractivity contribution is 5.99. The molecule has 3 aromatic carbocycles. The number of carbonyl (C=O) groups is 1. The van der Waals surface area contributed by atoms with Gasteiger partial charge in [0, 0.05) is 16.5 Å². The number of fused-ring (bicyclic) bond motifs is 1. The number of carbonyl (C=O) groups excluding carboxylic acids is 1. The number of aliphatic hydroxyl groups excluding tert-OH is 1. The smallest absolute Gasteiger partial charge is 0.270 e. The lowest BCUT2D eigenvalue weighted by Crippen LogP contribution is -2.39. The lowest BCUT2D eigenvalue weighted by molar-refractivity contribution is 0.0953. The van der Waals surface area contributed by atoms with Gasteiger partial charge in [-0.05, 0) is 36.4 Å². The molecule has 4 rings (SSSR count). The summed E-state index contributed by atoms with van der Waals surface area (Å²) in [6.07, 6.45) is 4.85. The molecule has 2 N–H and O–H groups in total. The number of aliphatic hydroxyl groups is 1. The molecule has 32 heavy (non-hydrogen) atoms. The van der Waals surface area contributed by atoms with Gasteiger partial charge in [-0.3, -0.25) is 10.2 Å². The number of ether oxygens (including phenoxy) is 1. The molecule has 0 aliphatic rings. The van der Waals surface area contributed by atoms with E-state index in [0.717, 1.165) is 11.3 Å². The number of amides is 1. The van der Waals surface area contributed by atoms with E-state index in [1.807, 2.05) is 60.7 Å². The summed E-state index contributed by atoms with van der Waals surface area (Å²) in [5.74, 6) is 0.831. The minimum Gasteiger partial charge on any atom is -0.496 e. The lowest BCUT2D eigenvalue weighted by Gasteiger charge is -2.25. The summed E-state index contributed by atoms with van der Waals surface area (Å²) in [4.78, 5) is 21.9. The van der Waals surface area contributed by atoms with E-state index >= 15 is 0 Å². The van der Waals surface area contributed by atoms with Gasteiger partial charge in [0.25, 0.3) is 5.91 Å². The summed E-state index contributed by atoms with van der Waals surface area (Å²) in [7, 11) is 1.58. The van der Waals surface area contributed by atoms with Gasteiger partial charge in [-0.2, -0.15) is 0 Å². The molecule has 1 amide bonds. The van der Waals surface area contributed by atoms with E-state index in [1.54, 1.807) is 36.4 Å². The molecule has 0 spiro atoms. The van der Waals surface area contributed by atoms with Crippen molar-refractivity contribution in [1.29, 1.82) is 0 Å². The molecule has 0 aliphatic carbocycles. The molecule has 0 atom stereocenters. The average Bonchev–Trinajstić information content (AvgIpc) is 2.86. The number of methoxy groups -OCH3 is 1. The van der Waals surface area contributed by atoms with Crippen molar-refractivity contribution in [1.82, 2.24) is 15.4 Å². The van der Waals surface area contributed by atoms with Crippen LogP contribution in [-0.4, -0.2) is 34.7 Å². The fourth-order valence-corrected chi connectivity index (χ4v) is 3.32. The summed E-state index contributed by atoms with van der Waals surface area (Å²) in [5, 5.41) is 11.5. The molecule has 0 bridgehead atoms. The summed E-state index contributed by atoms with van der Waals surface area (Å²) in [6, 6.07) is 22.1. The van der Waals surface area contributed by atoms with E-state index in [1.165, 1.54) is 6.33 Å². The monoisotopic (exact) mass is 426 g/mol. The fourth-order valence-electron chi connectivity index (χ4n) is 3.32. The van der Waals surface area contributed by atoms with Gasteiger partial charge >= 0.3 is 0 Å². The number of hydrogen-bond donors (Lipinski definition) is 2. The molecule has 7 nitrogen and oxygen atoms in total. The highest BCUT2D eigenvalue weighted by Crippen LogP contribution is 2.33. The third kappa shape index (κ3) is 4.43. The summed E-state index contributed by atoms with van der Waals surface area (Å²) >= 11 is 0. The van der Waals surface area contributed by atoms with Crippen LogP contribution >= 0.6 is 0 Å². The van der Waals surface area contributed by atoms with E-state index in [9.17, 15) is 4.79 Å². The molecule has 7 heteroatoms. The minimum absolute atomic E-state index is 0.0798. The molecule has 0 saturated carbocycles.